The molecule has 32 heavy (non-hydrogen) atoms. The number of amides is 3. The van der Waals surface area contributed by atoms with Crippen molar-refractivity contribution in [3.8, 4) is 5.75 Å². The molecule has 10 heteroatoms. The minimum atomic E-state index is -0.367. The Kier molecular flexibility index (Phi) is 5.98. The molecule has 170 valence electrons. The number of methoxy groups -OCH3 is 1. The fraction of sp³-hybridized carbons (Fsp3) is 0.545. The standard InChI is InChI=1S/C22H27N5O3S2/c1-30-17-5-3-2-4-16(17)23-20-26-27-21(32-20)31-12-18(28)24-19(29)25-22-9-13-6-14(10-22)8-15(7-13)11-22/h2-5,13-15H,6-12H2,1H3,(H,23,26)(H2,24,25,28,29). The topological polar surface area (TPSA) is 105 Å². The second-order valence-corrected chi connectivity index (χ2v) is 11.4. The van der Waals surface area contributed by atoms with Crippen LogP contribution in [-0.4, -0.2) is 40.5 Å². The summed E-state index contributed by atoms with van der Waals surface area (Å²) in [6.07, 6.45) is 7.11. The van der Waals surface area contributed by atoms with Crippen LogP contribution in [0.5, 0.6) is 5.75 Å². The number of anilines is 2. The van der Waals surface area contributed by atoms with Crippen LogP contribution in [0.2, 0.25) is 0 Å². The van der Waals surface area contributed by atoms with Gasteiger partial charge in [0.05, 0.1) is 18.6 Å². The molecule has 1 aromatic heterocycles. The lowest BCUT2D eigenvalue weighted by atomic mass is 9.53. The van der Waals surface area contributed by atoms with Crippen molar-refractivity contribution in [3.63, 3.8) is 0 Å². The average molecular weight is 474 g/mol. The normalized spacial score (nSPS) is 27.7. The van der Waals surface area contributed by atoms with E-state index < -0.39 is 0 Å². The Morgan fingerprint density at radius 3 is 2.50 bits per heavy atom. The van der Waals surface area contributed by atoms with Gasteiger partial charge in [-0.1, -0.05) is 35.2 Å². The van der Waals surface area contributed by atoms with E-state index in [9.17, 15) is 9.59 Å². The Bertz CT molecular complexity index is 976. The molecule has 3 N–H and O–H groups in total. The van der Waals surface area contributed by atoms with Gasteiger partial charge in [0.1, 0.15) is 5.75 Å². The van der Waals surface area contributed by atoms with Crippen molar-refractivity contribution in [1.29, 1.82) is 0 Å². The molecule has 4 aliphatic carbocycles. The minimum Gasteiger partial charge on any atom is -0.495 e. The monoisotopic (exact) mass is 473 g/mol. The molecule has 0 radical (unpaired) electrons. The van der Waals surface area contributed by atoms with Crippen molar-refractivity contribution < 1.29 is 14.3 Å². The summed E-state index contributed by atoms with van der Waals surface area (Å²) >= 11 is 2.61. The molecule has 1 aromatic carbocycles. The van der Waals surface area contributed by atoms with Gasteiger partial charge in [-0.25, -0.2) is 4.79 Å². The number of carbonyl (C=O) groups is 2. The maximum Gasteiger partial charge on any atom is 0.321 e. The maximum absolute atomic E-state index is 12.5. The van der Waals surface area contributed by atoms with Crippen LogP contribution >= 0.6 is 23.1 Å². The van der Waals surface area contributed by atoms with Gasteiger partial charge in [-0.15, -0.1) is 10.2 Å². The number of para-hydroxylation sites is 2. The average Bonchev–Trinajstić information content (AvgIpc) is 3.18. The molecule has 2 aromatic rings. The Balaban J connectivity index is 1.10. The number of benzene rings is 1. The van der Waals surface area contributed by atoms with Gasteiger partial charge in [-0.05, 0) is 68.4 Å². The largest absolute Gasteiger partial charge is 0.495 e. The highest BCUT2D eigenvalue weighted by Crippen LogP contribution is 2.55. The van der Waals surface area contributed by atoms with E-state index in [2.05, 4.69) is 26.1 Å². The zero-order valence-corrected chi connectivity index (χ0v) is 19.6. The summed E-state index contributed by atoms with van der Waals surface area (Å²) in [6, 6.07) is 7.18. The number of hydrogen-bond acceptors (Lipinski definition) is 8. The molecule has 0 atom stereocenters. The number of nitrogens with zero attached hydrogens (tertiary/aromatic N) is 2. The van der Waals surface area contributed by atoms with Crippen LogP contribution in [0.3, 0.4) is 0 Å². The van der Waals surface area contributed by atoms with Crippen LogP contribution in [0.15, 0.2) is 28.6 Å². The molecular weight excluding hydrogens is 446 g/mol. The van der Waals surface area contributed by atoms with Gasteiger partial charge in [-0.2, -0.15) is 0 Å². The van der Waals surface area contributed by atoms with E-state index >= 15 is 0 Å². The van der Waals surface area contributed by atoms with Crippen molar-refractivity contribution in [2.24, 2.45) is 17.8 Å². The Morgan fingerprint density at radius 1 is 1.12 bits per heavy atom. The fourth-order valence-electron chi connectivity index (χ4n) is 6.01. The van der Waals surface area contributed by atoms with Crippen LogP contribution in [0.1, 0.15) is 38.5 Å². The Hall–Kier alpha value is -2.33. The molecule has 1 heterocycles. The molecule has 4 saturated carbocycles. The zero-order chi connectivity index (χ0) is 22.1. The molecule has 0 aliphatic heterocycles. The van der Waals surface area contributed by atoms with E-state index in [4.69, 9.17) is 4.74 Å². The smallest absolute Gasteiger partial charge is 0.321 e. The number of rotatable bonds is 7. The number of hydrogen-bond donors (Lipinski definition) is 3. The fourth-order valence-corrected chi connectivity index (χ4v) is 7.57. The molecule has 4 aliphatic rings. The number of imide groups is 1. The molecule has 8 nitrogen and oxygen atoms in total. The van der Waals surface area contributed by atoms with Crippen molar-refractivity contribution in [3.05, 3.63) is 24.3 Å². The number of urea groups is 1. The summed E-state index contributed by atoms with van der Waals surface area (Å²) in [5.74, 6) is 2.71. The van der Waals surface area contributed by atoms with E-state index in [0.29, 0.717) is 15.2 Å². The molecule has 4 fully saturated rings. The molecule has 3 amide bonds. The summed E-state index contributed by atoms with van der Waals surface area (Å²) in [4.78, 5) is 24.8. The first-order valence-electron chi connectivity index (χ1n) is 11.0. The van der Waals surface area contributed by atoms with Gasteiger partial charge < -0.3 is 15.4 Å². The van der Waals surface area contributed by atoms with Crippen LogP contribution in [0.25, 0.3) is 0 Å². The highest BCUT2D eigenvalue weighted by molar-refractivity contribution is 8.01. The quantitative estimate of drug-likeness (QED) is 0.518. The molecule has 0 unspecified atom stereocenters. The Morgan fingerprint density at radius 2 is 1.81 bits per heavy atom. The summed E-state index contributed by atoms with van der Waals surface area (Å²) < 4.78 is 5.98. The molecule has 0 saturated heterocycles. The summed E-state index contributed by atoms with van der Waals surface area (Å²) in [7, 11) is 1.61. The van der Waals surface area contributed by atoms with Crippen molar-refractivity contribution in [2.75, 3.05) is 18.2 Å². The first kappa shape index (κ1) is 21.5. The van der Waals surface area contributed by atoms with Gasteiger partial charge in [0.25, 0.3) is 0 Å². The van der Waals surface area contributed by atoms with E-state index in [1.807, 2.05) is 24.3 Å². The summed E-state index contributed by atoms with van der Waals surface area (Å²) in [6.45, 7) is 0. The number of ether oxygens (including phenoxy) is 1. The third-order valence-corrected chi connectivity index (χ3v) is 8.72. The highest BCUT2D eigenvalue weighted by Gasteiger charge is 2.51. The Labute approximate surface area is 195 Å². The third kappa shape index (κ3) is 4.71. The van der Waals surface area contributed by atoms with Crippen molar-refractivity contribution in [1.82, 2.24) is 20.8 Å². The number of carbonyl (C=O) groups excluding carboxylic acids is 2. The molecule has 0 spiro atoms. The van der Waals surface area contributed by atoms with E-state index in [1.165, 1.54) is 42.4 Å². The highest BCUT2D eigenvalue weighted by atomic mass is 32.2. The van der Waals surface area contributed by atoms with Gasteiger partial charge >= 0.3 is 6.03 Å². The summed E-state index contributed by atoms with van der Waals surface area (Å²) in [5, 5.41) is 17.7. The van der Waals surface area contributed by atoms with Gasteiger partial charge in [0.15, 0.2) is 4.34 Å². The first-order valence-corrected chi connectivity index (χ1v) is 12.8. The first-order chi connectivity index (χ1) is 15.5. The van der Waals surface area contributed by atoms with Gasteiger partial charge in [-0.3, -0.25) is 10.1 Å². The number of aromatic nitrogens is 2. The third-order valence-electron chi connectivity index (χ3n) is 6.75. The van der Waals surface area contributed by atoms with Gasteiger partial charge in [0.2, 0.25) is 11.0 Å². The summed E-state index contributed by atoms with van der Waals surface area (Å²) in [5.41, 5.74) is 0.687. The predicted molar refractivity (Wildman–Crippen MR) is 124 cm³/mol. The molecule has 6 rings (SSSR count). The number of nitrogens with one attached hydrogen (secondary N) is 3. The lowest BCUT2D eigenvalue weighted by Crippen LogP contribution is -2.61. The predicted octanol–water partition coefficient (Wildman–Crippen LogP) is 4.18. The van der Waals surface area contributed by atoms with Gasteiger partial charge in [0, 0.05) is 5.54 Å². The second-order valence-electron chi connectivity index (χ2n) is 9.19. The van der Waals surface area contributed by atoms with Crippen molar-refractivity contribution in [2.45, 2.75) is 48.4 Å². The SMILES string of the molecule is COc1ccccc1Nc1nnc(SCC(=O)NC(=O)NC23CC4CC(CC(C4)C2)C3)s1. The second kappa shape index (κ2) is 8.90. The van der Waals surface area contributed by atoms with Crippen LogP contribution in [0, 0.1) is 17.8 Å². The zero-order valence-electron chi connectivity index (χ0n) is 17.9. The molecule has 4 bridgehead atoms. The van der Waals surface area contributed by atoms with E-state index in [1.54, 1.807) is 7.11 Å². The lowest BCUT2D eigenvalue weighted by molar-refractivity contribution is -0.117. The van der Waals surface area contributed by atoms with Crippen LogP contribution in [0.4, 0.5) is 15.6 Å². The maximum atomic E-state index is 12.5. The lowest BCUT2D eigenvalue weighted by Gasteiger charge is -2.56. The van der Waals surface area contributed by atoms with E-state index in [0.717, 1.165) is 42.7 Å². The van der Waals surface area contributed by atoms with E-state index in [-0.39, 0.29) is 23.2 Å². The van der Waals surface area contributed by atoms with Crippen molar-refractivity contribution >= 4 is 45.9 Å². The van der Waals surface area contributed by atoms with Crippen LogP contribution in [-0.2, 0) is 4.79 Å². The number of thioether (sulfide) groups is 1. The van der Waals surface area contributed by atoms with Crippen LogP contribution < -0.4 is 20.7 Å². The molecular formula is C22H27N5O3S2. The minimum absolute atomic E-state index is 0.107.